The number of halogens is 3. The van der Waals surface area contributed by atoms with Crippen LogP contribution in [0.25, 0.3) is 0 Å². The van der Waals surface area contributed by atoms with Gasteiger partial charge < -0.3 is 15.2 Å². The predicted octanol–water partition coefficient (Wildman–Crippen LogP) is 3.73. The number of carbonyl (C=O) groups excluding carboxylic acids is 2. The average Bonchev–Trinajstić information content (AvgIpc) is 2.70. The maximum absolute atomic E-state index is 13.0. The minimum atomic E-state index is -4.52. The minimum Gasteiger partial charge on any atom is -0.454 e. The Morgan fingerprint density at radius 2 is 1.93 bits per heavy atom. The van der Waals surface area contributed by atoms with Crippen LogP contribution >= 0.6 is 0 Å². The van der Waals surface area contributed by atoms with E-state index < -0.39 is 41.2 Å². The molecule has 8 heteroatoms. The number of nitrogens with one attached hydrogen (secondary N) is 1. The summed E-state index contributed by atoms with van der Waals surface area (Å²) in [5.41, 5.74) is -0.824. The first-order valence-electron chi connectivity index (χ1n) is 9.66. The number of hydrogen-bond donors (Lipinski definition) is 2. The molecule has 1 aliphatic heterocycles. The van der Waals surface area contributed by atoms with Crippen LogP contribution in [0.15, 0.2) is 48.5 Å². The zero-order valence-electron chi connectivity index (χ0n) is 15.9. The van der Waals surface area contributed by atoms with Crippen LogP contribution in [0.3, 0.4) is 0 Å². The standard InChI is InChI=1S/C22H20F3NO4/c23-22(24,25)14-6-3-5-13(11-14)17(27)12-26-19(28)18-15-7-1-2-8-16(15)20(29)30-21(18)9-4-10-21/h1-3,5-8,11,17-18,27H,4,9-10,12H2,(H,26,28). The van der Waals surface area contributed by atoms with Gasteiger partial charge in [-0.25, -0.2) is 4.79 Å². The van der Waals surface area contributed by atoms with Crippen molar-refractivity contribution in [2.75, 3.05) is 6.54 Å². The lowest BCUT2D eigenvalue weighted by Crippen LogP contribution is -2.55. The van der Waals surface area contributed by atoms with Crippen molar-refractivity contribution in [2.45, 2.75) is 43.1 Å². The van der Waals surface area contributed by atoms with Crippen molar-refractivity contribution in [3.05, 3.63) is 70.8 Å². The van der Waals surface area contributed by atoms with Gasteiger partial charge in [0.05, 0.1) is 17.2 Å². The summed E-state index contributed by atoms with van der Waals surface area (Å²) in [6, 6.07) is 11.1. The Bertz CT molecular complexity index is 984. The van der Waals surface area contributed by atoms with Gasteiger partial charge >= 0.3 is 12.1 Å². The molecule has 1 heterocycles. The number of benzene rings is 2. The summed E-state index contributed by atoms with van der Waals surface area (Å²) in [4.78, 5) is 25.4. The second-order valence-electron chi connectivity index (χ2n) is 7.71. The summed E-state index contributed by atoms with van der Waals surface area (Å²) in [6.07, 6.45) is -3.89. The molecule has 2 aliphatic rings. The fourth-order valence-electron chi connectivity index (χ4n) is 4.15. The second kappa shape index (κ2) is 7.43. The Kier molecular flexibility index (Phi) is 5.05. The van der Waals surface area contributed by atoms with Crippen LogP contribution < -0.4 is 5.32 Å². The number of carbonyl (C=O) groups is 2. The van der Waals surface area contributed by atoms with Crippen molar-refractivity contribution in [1.82, 2.24) is 5.32 Å². The van der Waals surface area contributed by atoms with Crippen molar-refractivity contribution in [3.63, 3.8) is 0 Å². The van der Waals surface area contributed by atoms with E-state index >= 15 is 0 Å². The lowest BCUT2D eigenvalue weighted by atomic mass is 9.66. The SMILES string of the molecule is O=C1OC2(CCC2)C(C(=O)NCC(O)c2cccc(C(F)(F)F)c2)c2ccccc21. The molecule has 2 N–H and O–H groups in total. The summed E-state index contributed by atoms with van der Waals surface area (Å²) in [6.45, 7) is -0.261. The van der Waals surface area contributed by atoms with Crippen LogP contribution in [-0.2, 0) is 15.7 Å². The number of aliphatic hydroxyl groups excluding tert-OH is 1. The fraction of sp³-hybridized carbons (Fsp3) is 0.364. The zero-order chi connectivity index (χ0) is 21.5. The molecule has 0 radical (unpaired) electrons. The smallest absolute Gasteiger partial charge is 0.416 e. The van der Waals surface area contributed by atoms with Gasteiger partial charge in [-0.2, -0.15) is 13.2 Å². The summed E-state index contributed by atoms with van der Waals surface area (Å²) in [5.74, 6) is -1.62. The molecule has 158 valence electrons. The van der Waals surface area contributed by atoms with E-state index in [9.17, 15) is 27.9 Å². The molecule has 2 unspecified atom stereocenters. The third kappa shape index (κ3) is 3.56. The maximum Gasteiger partial charge on any atom is 0.416 e. The summed E-state index contributed by atoms with van der Waals surface area (Å²) in [7, 11) is 0. The highest BCUT2D eigenvalue weighted by Gasteiger charge is 2.55. The third-order valence-corrected chi connectivity index (χ3v) is 5.84. The highest BCUT2D eigenvalue weighted by Crippen LogP contribution is 2.50. The number of fused-ring (bicyclic) bond motifs is 1. The molecule has 2 aromatic carbocycles. The largest absolute Gasteiger partial charge is 0.454 e. The van der Waals surface area contributed by atoms with Gasteiger partial charge in [0.2, 0.25) is 5.91 Å². The van der Waals surface area contributed by atoms with Crippen LogP contribution in [0, 0.1) is 0 Å². The number of rotatable bonds is 4. The first-order chi connectivity index (χ1) is 14.2. The summed E-state index contributed by atoms with van der Waals surface area (Å²) in [5, 5.41) is 13.0. The highest BCUT2D eigenvalue weighted by atomic mass is 19.4. The van der Waals surface area contributed by atoms with Crippen LogP contribution in [0.4, 0.5) is 13.2 Å². The molecule has 4 rings (SSSR count). The van der Waals surface area contributed by atoms with E-state index in [-0.39, 0.29) is 12.1 Å². The molecule has 0 saturated heterocycles. The zero-order valence-corrected chi connectivity index (χ0v) is 15.9. The molecule has 30 heavy (non-hydrogen) atoms. The number of alkyl halides is 3. The van der Waals surface area contributed by atoms with Crippen molar-refractivity contribution >= 4 is 11.9 Å². The Balaban J connectivity index is 1.52. The van der Waals surface area contributed by atoms with Crippen LogP contribution in [0.2, 0.25) is 0 Å². The summed E-state index contributed by atoms with van der Waals surface area (Å²) >= 11 is 0. The fourth-order valence-corrected chi connectivity index (χ4v) is 4.15. The summed E-state index contributed by atoms with van der Waals surface area (Å²) < 4.78 is 44.3. The first kappa shape index (κ1) is 20.4. The Morgan fingerprint density at radius 1 is 1.20 bits per heavy atom. The number of amides is 1. The topological polar surface area (TPSA) is 75.6 Å². The van der Waals surface area contributed by atoms with E-state index in [1.807, 2.05) is 0 Å². The van der Waals surface area contributed by atoms with Gasteiger partial charge in [-0.15, -0.1) is 0 Å². The molecule has 0 aromatic heterocycles. The lowest BCUT2D eigenvalue weighted by molar-refractivity contribution is -0.139. The molecule has 1 aliphatic carbocycles. The molecular weight excluding hydrogens is 399 g/mol. The van der Waals surface area contributed by atoms with E-state index in [2.05, 4.69) is 5.32 Å². The molecule has 2 atom stereocenters. The molecule has 2 aromatic rings. The number of ether oxygens (including phenoxy) is 1. The van der Waals surface area contributed by atoms with Crippen molar-refractivity contribution in [1.29, 1.82) is 0 Å². The maximum atomic E-state index is 13.0. The van der Waals surface area contributed by atoms with Crippen LogP contribution in [0.1, 0.15) is 58.3 Å². The molecule has 0 bridgehead atoms. The van der Waals surface area contributed by atoms with Crippen molar-refractivity contribution in [3.8, 4) is 0 Å². The molecule has 1 amide bonds. The van der Waals surface area contributed by atoms with Crippen molar-refractivity contribution < 1.29 is 32.6 Å². The second-order valence-corrected chi connectivity index (χ2v) is 7.71. The van der Waals surface area contributed by atoms with E-state index in [0.717, 1.165) is 18.6 Å². The minimum absolute atomic E-state index is 0.0546. The molecule has 1 spiro atoms. The quantitative estimate of drug-likeness (QED) is 0.741. The van der Waals surface area contributed by atoms with Gasteiger partial charge in [0.25, 0.3) is 0 Å². The monoisotopic (exact) mass is 419 g/mol. The van der Waals surface area contributed by atoms with E-state index in [1.165, 1.54) is 12.1 Å². The van der Waals surface area contributed by atoms with Crippen molar-refractivity contribution in [2.24, 2.45) is 0 Å². The van der Waals surface area contributed by atoms with Gasteiger partial charge in [-0.3, -0.25) is 4.79 Å². The first-order valence-corrected chi connectivity index (χ1v) is 9.66. The Morgan fingerprint density at radius 3 is 2.60 bits per heavy atom. The Labute approximate surface area is 170 Å². The normalized spacial score (nSPS) is 20.7. The number of esters is 1. The van der Waals surface area contributed by atoms with Gasteiger partial charge in [0.15, 0.2) is 0 Å². The van der Waals surface area contributed by atoms with Gasteiger partial charge in [0.1, 0.15) is 11.5 Å². The molecule has 1 saturated carbocycles. The molecule has 5 nitrogen and oxygen atoms in total. The number of hydrogen-bond acceptors (Lipinski definition) is 4. The van der Waals surface area contributed by atoms with Gasteiger partial charge in [-0.05, 0) is 48.6 Å². The van der Waals surface area contributed by atoms with Crippen LogP contribution in [0.5, 0.6) is 0 Å². The van der Waals surface area contributed by atoms with Crippen LogP contribution in [-0.4, -0.2) is 29.1 Å². The van der Waals surface area contributed by atoms with Gasteiger partial charge in [0, 0.05) is 6.54 Å². The van der Waals surface area contributed by atoms with E-state index in [4.69, 9.17) is 4.74 Å². The predicted molar refractivity (Wildman–Crippen MR) is 101 cm³/mol. The lowest BCUT2D eigenvalue weighted by Gasteiger charge is -2.48. The highest BCUT2D eigenvalue weighted by molar-refractivity contribution is 5.98. The van der Waals surface area contributed by atoms with E-state index in [0.29, 0.717) is 24.0 Å². The average molecular weight is 419 g/mol. The number of aliphatic hydroxyl groups is 1. The van der Waals surface area contributed by atoms with Gasteiger partial charge in [-0.1, -0.05) is 30.3 Å². The molecular formula is C22H20F3NO4. The molecule has 1 fully saturated rings. The third-order valence-electron chi connectivity index (χ3n) is 5.84. The van der Waals surface area contributed by atoms with E-state index in [1.54, 1.807) is 24.3 Å². The Hall–Kier alpha value is -2.87.